The number of carbonyl (C=O) groups is 1. The van der Waals surface area contributed by atoms with Gasteiger partial charge in [0, 0.05) is 26.4 Å². The minimum Gasteiger partial charge on any atom is -0.424 e. The zero-order chi connectivity index (χ0) is 10.1. The molecule has 1 heterocycles. The summed E-state index contributed by atoms with van der Waals surface area (Å²) in [5, 5.41) is 0. The number of carbonyl (C=O) groups excluding carboxylic acids is 1. The van der Waals surface area contributed by atoms with Crippen LogP contribution in [0.4, 0.5) is 5.95 Å². The van der Waals surface area contributed by atoms with Crippen LogP contribution in [0.1, 0.15) is 6.92 Å². The Hall–Kier alpha value is -1.42. The molecule has 0 bridgehead atoms. The summed E-state index contributed by atoms with van der Waals surface area (Å²) < 4.78 is 4.96. The molecule has 15 heavy (non-hydrogen) atoms. The van der Waals surface area contributed by atoms with E-state index in [9.17, 15) is 4.79 Å². The Morgan fingerprint density at radius 1 is 1.53 bits per heavy atom. The van der Waals surface area contributed by atoms with Gasteiger partial charge in [0.05, 0.1) is 5.52 Å². The summed E-state index contributed by atoms with van der Waals surface area (Å²) in [6.45, 7) is 1.34. The fraction of sp³-hybridized carbons (Fsp3) is 0.111. The van der Waals surface area contributed by atoms with Gasteiger partial charge in [-0.15, -0.1) is 0 Å². The molecule has 2 rings (SSSR count). The molecule has 2 aromatic rings. The monoisotopic (exact) mass is 255 g/mol. The molecule has 0 fully saturated rings. The minimum absolute atomic E-state index is 0. The molecular formula is C9H9N3O2Zn. The SMILES string of the molecule is CC(=O)Oc1cccc2[nH]c(N)nc12.[Zn]. The summed E-state index contributed by atoms with van der Waals surface area (Å²) in [5.74, 6) is 0.349. The van der Waals surface area contributed by atoms with Crippen LogP contribution in [0.3, 0.4) is 0 Å². The van der Waals surface area contributed by atoms with E-state index in [2.05, 4.69) is 9.97 Å². The number of benzene rings is 1. The second-order valence-corrected chi connectivity index (χ2v) is 2.87. The maximum atomic E-state index is 10.8. The number of esters is 1. The van der Waals surface area contributed by atoms with Crippen molar-refractivity contribution in [1.29, 1.82) is 0 Å². The quantitative estimate of drug-likeness (QED) is 0.454. The largest absolute Gasteiger partial charge is 0.424 e. The van der Waals surface area contributed by atoms with Gasteiger partial charge in [-0.3, -0.25) is 4.79 Å². The first-order valence-corrected chi connectivity index (χ1v) is 4.09. The number of nitrogens with two attached hydrogens (primary N) is 1. The van der Waals surface area contributed by atoms with Crippen LogP contribution in [0, 0.1) is 0 Å². The van der Waals surface area contributed by atoms with Crippen LogP contribution in [-0.2, 0) is 24.3 Å². The number of nitrogens with one attached hydrogen (secondary N) is 1. The van der Waals surface area contributed by atoms with Crippen molar-refractivity contribution in [2.75, 3.05) is 5.73 Å². The van der Waals surface area contributed by atoms with E-state index in [1.54, 1.807) is 12.1 Å². The number of anilines is 1. The average molecular weight is 257 g/mol. The van der Waals surface area contributed by atoms with E-state index in [0.29, 0.717) is 17.2 Å². The Morgan fingerprint density at radius 2 is 2.27 bits per heavy atom. The van der Waals surface area contributed by atoms with E-state index in [0.717, 1.165) is 5.52 Å². The molecule has 0 aliphatic rings. The normalized spacial score (nSPS) is 9.67. The Morgan fingerprint density at radius 3 is 2.93 bits per heavy atom. The first kappa shape index (κ1) is 11.7. The predicted octanol–water partition coefficient (Wildman–Crippen LogP) is 1.07. The number of aromatic amines is 1. The number of rotatable bonds is 1. The van der Waals surface area contributed by atoms with E-state index in [1.165, 1.54) is 6.92 Å². The molecule has 0 saturated carbocycles. The van der Waals surface area contributed by atoms with Crippen LogP contribution in [-0.4, -0.2) is 15.9 Å². The van der Waals surface area contributed by atoms with Gasteiger partial charge < -0.3 is 15.5 Å². The van der Waals surface area contributed by atoms with E-state index < -0.39 is 0 Å². The van der Waals surface area contributed by atoms with Crippen LogP contribution in [0.15, 0.2) is 18.2 Å². The van der Waals surface area contributed by atoms with Crippen molar-refractivity contribution in [3.63, 3.8) is 0 Å². The van der Waals surface area contributed by atoms with Gasteiger partial charge in [-0.25, -0.2) is 4.98 Å². The van der Waals surface area contributed by atoms with Gasteiger partial charge >= 0.3 is 5.97 Å². The summed E-state index contributed by atoms with van der Waals surface area (Å²) in [4.78, 5) is 17.6. The Kier molecular flexibility index (Phi) is 3.42. The molecule has 0 aliphatic heterocycles. The van der Waals surface area contributed by atoms with Crippen LogP contribution < -0.4 is 10.5 Å². The molecule has 5 nitrogen and oxygen atoms in total. The summed E-state index contributed by atoms with van der Waals surface area (Å²) in [7, 11) is 0. The van der Waals surface area contributed by atoms with Crippen LogP contribution in [0.5, 0.6) is 5.75 Å². The molecule has 0 saturated heterocycles. The number of aromatic nitrogens is 2. The molecule has 0 amide bonds. The number of imidazole rings is 1. The fourth-order valence-corrected chi connectivity index (χ4v) is 1.26. The second-order valence-electron chi connectivity index (χ2n) is 2.87. The predicted molar refractivity (Wildman–Crippen MR) is 51.8 cm³/mol. The van der Waals surface area contributed by atoms with Crippen molar-refractivity contribution >= 4 is 23.0 Å². The Bertz CT molecular complexity index is 495. The topological polar surface area (TPSA) is 81.0 Å². The van der Waals surface area contributed by atoms with Crippen LogP contribution in [0.2, 0.25) is 0 Å². The Labute approximate surface area is 98.8 Å². The molecule has 0 unspecified atom stereocenters. The molecule has 0 spiro atoms. The zero-order valence-electron chi connectivity index (χ0n) is 8.28. The van der Waals surface area contributed by atoms with E-state index >= 15 is 0 Å². The molecular weight excluding hydrogens is 248 g/mol. The molecule has 1 aromatic heterocycles. The van der Waals surface area contributed by atoms with Gasteiger partial charge in [-0.05, 0) is 12.1 Å². The van der Waals surface area contributed by atoms with Gasteiger partial charge in [0.2, 0.25) is 0 Å². The number of nitrogen functional groups attached to an aromatic ring is 1. The molecule has 74 valence electrons. The fourth-order valence-electron chi connectivity index (χ4n) is 1.26. The summed E-state index contributed by atoms with van der Waals surface area (Å²) in [6, 6.07) is 5.24. The third-order valence-electron chi connectivity index (χ3n) is 1.75. The minimum atomic E-state index is -0.376. The van der Waals surface area contributed by atoms with Gasteiger partial charge in [-0.2, -0.15) is 0 Å². The van der Waals surface area contributed by atoms with Gasteiger partial charge in [0.1, 0.15) is 5.52 Å². The van der Waals surface area contributed by atoms with Gasteiger partial charge in [-0.1, -0.05) is 6.07 Å². The van der Waals surface area contributed by atoms with Crippen LogP contribution >= 0.6 is 0 Å². The van der Waals surface area contributed by atoms with Crippen molar-refractivity contribution < 1.29 is 29.0 Å². The van der Waals surface area contributed by atoms with E-state index in [-0.39, 0.29) is 25.4 Å². The number of H-pyrrole nitrogens is 1. The average Bonchev–Trinajstić information content (AvgIpc) is 2.45. The smallest absolute Gasteiger partial charge is 0.308 e. The number of para-hydroxylation sites is 1. The first-order chi connectivity index (χ1) is 6.66. The number of hydrogen-bond donors (Lipinski definition) is 2. The number of nitrogens with zero attached hydrogens (tertiary/aromatic N) is 1. The molecule has 0 atom stereocenters. The van der Waals surface area contributed by atoms with Crippen molar-refractivity contribution in [1.82, 2.24) is 9.97 Å². The van der Waals surface area contributed by atoms with Crippen molar-refractivity contribution in [2.24, 2.45) is 0 Å². The second kappa shape index (κ2) is 4.40. The number of hydrogen-bond acceptors (Lipinski definition) is 4. The van der Waals surface area contributed by atoms with Gasteiger partial charge in [0.15, 0.2) is 11.7 Å². The summed E-state index contributed by atoms with van der Waals surface area (Å²) in [5.41, 5.74) is 6.80. The first-order valence-electron chi connectivity index (χ1n) is 4.09. The molecule has 6 heteroatoms. The maximum Gasteiger partial charge on any atom is 0.308 e. The standard InChI is InChI=1S/C9H9N3O2.Zn/c1-5(13)14-7-4-2-3-6-8(7)12-9(10)11-6;/h2-4H,1H3,(H3,10,11,12);. The molecule has 0 radical (unpaired) electrons. The number of ether oxygens (including phenoxy) is 1. The van der Waals surface area contributed by atoms with Crippen molar-refractivity contribution in [3.8, 4) is 5.75 Å². The van der Waals surface area contributed by atoms with Crippen LogP contribution in [0.25, 0.3) is 11.0 Å². The van der Waals surface area contributed by atoms with Crippen molar-refractivity contribution in [2.45, 2.75) is 6.92 Å². The molecule has 1 aromatic carbocycles. The zero-order valence-corrected chi connectivity index (χ0v) is 11.2. The van der Waals surface area contributed by atoms with E-state index in [4.69, 9.17) is 10.5 Å². The molecule has 3 N–H and O–H groups in total. The third-order valence-corrected chi connectivity index (χ3v) is 1.75. The maximum absolute atomic E-state index is 10.8. The molecule has 0 aliphatic carbocycles. The van der Waals surface area contributed by atoms with Gasteiger partial charge in [0.25, 0.3) is 0 Å². The Balaban J connectivity index is 0.00000112. The summed E-state index contributed by atoms with van der Waals surface area (Å²) in [6.07, 6.45) is 0. The third kappa shape index (κ3) is 2.33. The van der Waals surface area contributed by atoms with E-state index in [1.807, 2.05) is 6.07 Å². The van der Waals surface area contributed by atoms with Crippen molar-refractivity contribution in [3.05, 3.63) is 18.2 Å². The summed E-state index contributed by atoms with van der Waals surface area (Å²) >= 11 is 0. The number of fused-ring (bicyclic) bond motifs is 1.